The molecule has 0 spiro atoms. The van der Waals surface area contributed by atoms with Crippen molar-refractivity contribution in [3.63, 3.8) is 0 Å². The van der Waals surface area contributed by atoms with E-state index in [-0.39, 0.29) is 23.6 Å². The fourth-order valence-corrected chi connectivity index (χ4v) is 5.43. The molecule has 2 N–H and O–H groups in total. The number of thioether (sulfide) groups is 1. The van der Waals surface area contributed by atoms with Crippen molar-refractivity contribution < 1.29 is 19.8 Å². The summed E-state index contributed by atoms with van der Waals surface area (Å²) < 4.78 is 0. The third-order valence-electron chi connectivity index (χ3n) is 5.52. The molecule has 27 heavy (non-hydrogen) atoms. The van der Waals surface area contributed by atoms with Crippen molar-refractivity contribution in [2.75, 3.05) is 0 Å². The van der Waals surface area contributed by atoms with Crippen LogP contribution in [0.2, 0.25) is 0 Å². The largest absolute Gasteiger partial charge is 0.477 e. The van der Waals surface area contributed by atoms with Gasteiger partial charge in [-0.15, -0.1) is 11.8 Å². The Morgan fingerprint density at radius 3 is 2.59 bits per heavy atom. The average Bonchev–Trinajstić information content (AvgIpc) is 2.88. The molecular weight excluding hydrogens is 362 g/mol. The Hall–Kier alpha value is -2.31. The minimum atomic E-state index is -1.08. The lowest BCUT2D eigenvalue weighted by molar-refractivity contribution is -0.163. The molecule has 1 amide bonds. The summed E-state index contributed by atoms with van der Waals surface area (Å²) in [4.78, 5) is 26.3. The highest BCUT2D eigenvalue weighted by Crippen LogP contribution is 2.50. The van der Waals surface area contributed by atoms with Gasteiger partial charge in [-0.25, -0.2) is 4.79 Å². The number of carboxylic acid groups (broad SMARTS) is 1. The van der Waals surface area contributed by atoms with E-state index in [0.29, 0.717) is 5.75 Å². The van der Waals surface area contributed by atoms with Gasteiger partial charge in [0.25, 0.3) is 0 Å². The summed E-state index contributed by atoms with van der Waals surface area (Å²) >= 11 is 1.48. The zero-order valence-corrected chi connectivity index (χ0v) is 15.9. The van der Waals surface area contributed by atoms with E-state index in [2.05, 4.69) is 30.3 Å². The molecule has 2 aromatic carbocycles. The Morgan fingerprint density at radius 1 is 1.22 bits per heavy atom. The lowest BCUT2D eigenvalue weighted by atomic mass is 9.79. The van der Waals surface area contributed by atoms with Crippen LogP contribution in [0.25, 0.3) is 10.8 Å². The fourth-order valence-electron chi connectivity index (χ4n) is 4.21. The van der Waals surface area contributed by atoms with Gasteiger partial charge < -0.3 is 15.1 Å². The van der Waals surface area contributed by atoms with Crippen LogP contribution in [0, 0.1) is 11.8 Å². The molecule has 6 heteroatoms. The zero-order chi connectivity index (χ0) is 19.3. The van der Waals surface area contributed by atoms with Gasteiger partial charge in [0.15, 0.2) is 0 Å². The van der Waals surface area contributed by atoms with E-state index < -0.39 is 18.0 Å². The van der Waals surface area contributed by atoms with Crippen molar-refractivity contribution in [1.29, 1.82) is 0 Å². The number of amides is 1. The summed E-state index contributed by atoms with van der Waals surface area (Å²) in [6, 6.07) is 14.1. The lowest BCUT2D eigenvalue weighted by Gasteiger charge is -2.46. The molecule has 4 atom stereocenters. The highest BCUT2D eigenvalue weighted by Gasteiger charge is 2.59. The molecule has 5 nitrogen and oxygen atoms in total. The molecule has 2 heterocycles. The second kappa shape index (κ2) is 6.69. The van der Waals surface area contributed by atoms with Crippen LogP contribution in [-0.2, 0) is 15.3 Å². The molecular formula is C21H21NO4S. The maximum Gasteiger partial charge on any atom is 0.353 e. The summed E-state index contributed by atoms with van der Waals surface area (Å²) in [5.74, 6) is -1.36. The Labute approximate surface area is 161 Å². The number of aliphatic carboxylic acids is 1. The van der Waals surface area contributed by atoms with Crippen LogP contribution >= 0.6 is 11.8 Å². The molecule has 0 aliphatic carbocycles. The number of nitrogens with zero attached hydrogens (tertiary/aromatic N) is 1. The number of rotatable bonds is 5. The van der Waals surface area contributed by atoms with Crippen molar-refractivity contribution in [3.05, 3.63) is 58.6 Å². The molecule has 0 saturated carbocycles. The van der Waals surface area contributed by atoms with Gasteiger partial charge in [-0.05, 0) is 23.3 Å². The van der Waals surface area contributed by atoms with E-state index >= 15 is 0 Å². The van der Waals surface area contributed by atoms with E-state index in [1.54, 1.807) is 6.92 Å². The quantitative estimate of drug-likeness (QED) is 0.775. The maximum atomic E-state index is 12.4. The minimum Gasteiger partial charge on any atom is -0.477 e. The van der Waals surface area contributed by atoms with Crippen LogP contribution in [0.4, 0.5) is 0 Å². The van der Waals surface area contributed by atoms with Crippen LogP contribution < -0.4 is 0 Å². The highest BCUT2D eigenvalue weighted by molar-refractivity contribution is 8.02. The van der Waals surface area contributed by atoms with Crippen molar-refractivity contribution >= 4 is 34.4 Å². The topological polar surface area (TPSA) is 77.8 Å². The van der Waals surface area contributed by atoms with Gasteiger partial charge in [-0.2, -0.15) is 0 Å². The van der Waals surface area contributed by atoms with Gasteiger partial charge in [-0.1, -0.05) is 49.4 Å². The van der Waals surface area contributed by atoms with Crippen LogP contribution in [0.15, 0.2) is 53.1 Å². The molecule has 2 aromatic rings. The molecule has 2 aliphatic heterocycles. The second-order valence-corrected chi connectivity index (χ2v) is 8.26. The van der Waals surface area contributed by atoms with Crippen molar-refractivity contribution in [2.45, 2.75) is 31.7 Å². The monoisotopic (exact) mass is 383 g/mol. The second-order valence-electron chi connectivity index (χ2n) is 7.24. The number of hydrogen-bond acceptors (Lipinski definition) is 4. The van der Waals surface area contributed by atoms with E-state index in [1.807, 2.05) is 19.1 Å². The molecule has 0 bridgehead atoms. The van der Waals surface area contributed by atoms with Crippen LogP contribution in [0.5, 0.6) is 0 Å². The summed E-state index contributed by atoms with van der Waals surface area (Å²) in [7, 11) is 0. The highest BCUT2D eigenvalue weighted by atomic mass is 32.2. The first kappa shape index (κ1) is 18.1. The number of carbonyl (C=O) groups excluding carboxylic acids is 1. The average molecular weight is 383 g/mol. The molecule has 0 unspecified atom stereocenters. The SMILES string of the molecule is C[C@@H](O)[C@H]1C(=O)N2C(C(=O)O)=C(SCc3ccc4ccccc4c3)[C@H](C)[C@H]12. The number of carbonyl (C=O) groups is 2. The van der Waals surface area contributed by atoms with E-state index in [1.165, 1.54) is 22.0 Å². The van der Waals surface area contributed by atoms with Crippen molar-refractivity contribution in [2.24, 2.45) is 11.8 Å². The maximum absolute atomic E-state index is 12.4. The first-order valence-corrected chi connectivity index (χ1v) is 9.97. The van der Waals surface area contributed by atoms with Gasteiger partial charge in [0.05, 0.1) is 18.1 Å². The van der Waals surface area contributed by atoms with Crippen molar-refractivity contribution in [1.82, 2.24) is 4.90 Å². The molecule has 1 saturated heterocycles. The lowest BCUT2D eigenvalue weighted by Crippen LogP contribution is -2.63. The number of aliphatic hydroxyl groups is 1. The Bertz CT molecular complexity index is 968. The summed E-state index contributed by atoms with van der Waals surface area (Å²) in [6.45, 7) is 3.53. The Kier molecular flexibility index (Phi) is 4.48. The number of hydrogen-bond donors (Lipinski definition) is 2. The Balaban J connectivity index is 1.60. The van der Waals surface area contributed by atoms with Crippen LogP contribution in [-0.4, -0.2) is 39.1 Å². The normalized spacial score (nSPS) is 25.5. The third kappa shape index (κ3) is 2.84. The molecule has 0 aromatic heterocycles. The third-order valence-corrected chi connectivity index (χ3v) is 6.87. The predicted molar refractivity (Wildman–Crippen MR) is 105 cm³/mol. The first-order valence-electron chi connectivity index (χ1n) is 8.99. The zero-order valence-electron chi connectivity index (χ0n) is 15.1. The van der Waals surface area contributed by atoms with Gasteiger partial charge in [0, 0.05) is 16.6 Å². The standard InChI is InChI=1S/C21H21NO4S/c1-11-17-16(12(2)23)20(24)22(17)18(21(25)26)19(11)27-10-13-7-8-14-5-3-4-6-15(14)9-13/h3-9,11-12,16-17,23H,10H2,1-2H3,(H,25,26)/t11-,12-,16-,17-/m1/s1. The van der Waals surface area contributed by atoms with E-state index in [9.17, 15) is 19.8 Å². The number of β-lactam (4-membered cyclic amide) rings is 1. The molecule has 4 rings (SSSR count). The molecule has 0 radical (unpaired) electrons. The smallest absolute Gasteiger partial charge is 0.353 e. The van der Waals surface area contributed by atoms with E-state index in [4.69, 9.17) is 0 Å². The molecule has 140 valence electrons. The van der Waals surface area contributed by atoms with E-state index in [0.717, 1.165) is 15.9 Å². The summed E-state index contributed by atoms with van der Waals surface area (Å²) in [5.41, 5.74) is 1.19. The predicted octanol–water partition coefficient (Wildman–Crippen LogP) is 3.23. The Morgan fingerprint density at radius 2 is 1.93 bits per heavy atom. The number of carboxylic acids is 1. The number of aliphatic hydroxyl groups excluding tert-OH is 1. The first-order chi connectivity index (χ1) is 12.9. The molecule has 2 aliphatic rings. The fraction of sp³-hybridized carbons (Fsp3) is 0.333. The molecule has 1 fully saturated rings. The van der Waals surface area contributed by atoms with Gasteiger partial charge >= 0.3 is 5.97 Å². The number of fused-ring (bicyclic) bond motifs is 2. The van der Waals surface area contributed by atoms with Crippen LogP contribution in [0.3, 0.4) is 0 Å². The summed E-state index contributed by atoms with van der Waals surface area (Å²) in [5, 5.41) is 21.9. The van der Waals surface area contributed by atoms with Gasteiger partial charge in [0.1, 0.15) is 5.70 Å². The van der Waals surface area contributed by atoms with Gasteiger partial charge in [0.2, 0.25) is 5.91 Å². The minimum absolute atomic E-state index is 0.0835. The number of benzene rings is 2. The van der Waals surface area contributed by atoms with Crippen molar-refractivity contribution in [3.8, 4) is 0 Å². The van der Waals surface area contributed by atoms with Crippen LogP contribution in [0.1, 0.15) is 19.4 Å². The van der Waals surface area contributed by atoms with Gasteiger partial charge in [-0.3, -0.25) is 4.79 Å². The summed E-state index contributed by atoms with van der Waals surface area (Å²) in [6.07, 6.45) is -0.777.